The number of carboxylic acid groups (broad SMARTS) is 1. The zero-order chi connectivity index (χ0) is 13.3. The predicted octanol–water partition coefficient (Wildman–Crippen LogP) is 0.377. The molecule has 1 fully saturated rings. The van der Waals surface area contributed by atoms with Gasteiger partial charge < -0.3 is 15.1 Å². The van der Waals surface area contributed by atoms with Crippen molar-refractivity contribution in [3.8, 4) is 0 Å². The van der Waals surface area contributed by atoms with Crippen molar-refractivity contribution in [1.82, 2.24) is 4.90 Å². The van der Waals surface area contributed by atoms with Crippen molar-refractivity contribution < 1.29 is 33.0 Å². The summed E-state index contributed by atoms with van der Waals surface area (Å²) in [6, 6.07) is 0. The van der Waals surface area contributed by atoms with Gasteiger partial charge in [-0.3, -0.25) is 9.59 Å². The monoisotopic (exact) mass is 255 g/mol. The van der Waals surface area contributed by atoms with Gasteiger partial charge in [-0.1, -0.05) is 0 Å². The number of halogens is 3. The largest absolute Gasteiger partial charge is 0.481 e. The summed E-state index contributed by atoms with van der Waals surface area (Å²) in [4.78, 5) is 22.4. The van der Waals surface area contributed by atoms with Crippen molar-refractivity contribution in [2.45, 2.75) is 31.0 Å². The molecule has 98 valence electrons. The molecule has 1 atom stereocenters. The average Bonchev–Trinajstić information content (AvgIpc) is 2.57. The Hall–Kier alpha value is -1.31. The first-order chi connectivity index (χ1) is 7.66. The number of carboxylic acids is 1. The Morgan fingerprint density at radius 2 is 1.88 bits per heavy atom. The number of rotatable bonds is 3. The Morgan fingerprint density at radius 1 is 1.29 bits per heavy atom. The fourth-order valence-corrected chi connectivity index (χ4v) is 1.61. The van der Waals surface area contributed by atoms with Gasteiger partial charge in [0.1, 0.15) is 0 Å². The first-order valence-corrected chi connectivity index (χ1v) is 4.94. The SMILES string of the molecule is O=C(O)CCC(=O)N1CC[C@](O)(C(F)(F)F)C1. The second-order valence-electron chi connectivity index (χ2n) is 3.99. The number of amides is 1. The minimum Gasteiger partial charge on any atom is -0.481 e. The van der Waals surface area contributed by atoms with Crippen molar-refractivity contribution in [3.05, 3.63) is 0 Å². The van der Waals surface area contributed by atoms with Crippen LogP contribution in [0.1, 0.15) is 19.3 Å². The third-order valence-corrected chi connectivity index (χ3v) is 2.68. The van der Waals surface area contributed by atoms with E-state index in [4.69, 9.17) is 5.11 Å². The lowest BCUT2D eigenvalue weighted by Gasteiger charge is -2.25. The van der Waals surface area contributed by atoms with E-state index in [-0.39, 0.29) is 13.0 Å². The van der Waals surface area contributed by atoms with E-state index in [0.29, 0.717) is 0 Å². The summed E-state index contributed by atoms with van der Waals surface area (Å²) in [5.41, 5.74) is -2.87. The maximum atomic E-state index is 12.4. The molecule has 2 N–H and O–H groups in total. The number of nitrogens with zero attached hydrogens (tertiary/aromatic N) is 1. The van der Waals surface area contributed by atoms with Crippen molar-refractivity contribution in [3.63, 3.8) is 0 Å². The Morgan fingerprint density at radius 3 is 2.29 bits per heavy atom. The molecule has 8 heteroatoms. The van der Waals surface area contributed by atoms with Gasteiger partial charge in [-0.2, -0.15) is 13.2 Å². The summed E-state index contributed by atoms with van der Waals surface area (Å²) in [5, 5.41) is 17.6. The van der Waals surface area contributed by atoms with Gasteiger partial charge in [-0.25, -0.2) is 0 Å². The summed E-state index contributed by atoms with van der Waals surface area (Å²) in [6.45, 7) is -1.04. The quantitative estimate of drug-likeness (QED) is 0.764. The Bertz CT molecular complexity index is 331. The lowest BCUT2D eigenvalue weighted by Crippen LogP contribution is -2.48. The fourth-order valence-electron chi connectivity index (χ4n) is 1.61. The van der Waals surface area contributed by atoms with Crippen LogP contribution in [0.2, 0.25) is 0 Å². The Kier molecular flexibility index (Phi) is 3.65. The number of aliphatic carboxylic acids is 1. The molecule has 1 aliphatic heterocycles. The molecule has 0 spiro atoms. The number of aliphatic hydroxyl groups is 1. The fraction of sp³-hybridized carbons (Fsp3) is 0.778. The van der Waals surface area contributed by atoms with Gasteiger partial charge >= 0.3 is 12.1 Å². The second-order valence-corrected chi connectivity index (χ2v) is 3.99. The molecule has 1 amide bonds. The molecule has 0 saturated carbocycles. The maximum absolute atomic E-state index is 12.4. The Balaban J connectivity index is 2.56. The van der Waals surface area contributed by atoms with Crippen molar-refractivity contribution in [2.24, 2.45) is 0 Å². The van der Waals surface area contributed by atoms with Crippen molar-refractivity contribution in [2.75, 3.05) is 13.1 Å². The van der Waals surface area contributed by atoms with Crippen LogP contribution in [-0.4, -0.2) is 51.9 Å². The van der Waals surface area contributed by atoms with E-state index in [2.05, 4.69) is 0 Å². The molecule has 0 aromatic heterocycles. The average molecular weight is 255 g/mol. The highest BCUT2D eigenvalue weighted by atomic mass is 19.4. The third-order valence-electron chi connectivity index (χ3n) is 2.68. The molecule has 17 heavy (non-hydrogen) atoms. The third kappa shape index (κ3) is 3.09. The van der Waals surface area contributed by atoms with E-state index in [0.717, 1.165) is 4.90 Å². The Labute approximate surface area is 94.8 Å². The van der Waals surface area contributed by atoms with Gasteiger partial charge in [0.05, 0.1) is 13.0 Å². The molecule has 0 bridgehead atoms. The standard InChI is InChI=1S/C9H12F3NO4/c10-9(11,12)8(17)3-4-13(5-8)6(14)1-2-7(15)16/h17H,1-5H2,(H,15,16)/t8-/m1/s1. The molecule has 1 rings (SSSR count). The van der Waals surface area contributed by atoms with E-state index in [1.54, 1.807) is 0 Å². The molecule has 0 aliphatic carbocycles. The minimum absolute atomic E-state index is 0.214. The van der Waals surface area contributed by atoms with Gasteiger partial charge in [0.25, 0.3) is 0 Å². The van der Waals surface area contributed by atoms with E-state index in [1.165, 1.54) is 0 Å². The van der Waals surface area contributed by atoms with Gasteiger partial charge in [0.2, 0.25) is 5.91 Å². The smallest absolute Gasteiger partial charge is 0.419 e. The number of carbonyl (C=O) groups excluding carboxylic acids is 1. The maximum Gasteiger partial charge on any atom is 0.419 e. The molecule has 0 aromatic carbocycles. The highest BCUT2D eigenvalue weighted by molar-refractivity contribution is 5.81. The molecule has 0 unspecified atom stereocenters. The van der Waals surface area contributed by atoms with Crippen LogP contribution >= 0.6 is 0 Å². The van der Waals surface area contributed by atoms with E-state index >= 15 is 0 Å². The first kappa shape index (κ1) is 13.8. The molecule has 1 aliphatic rings. The summed E-state index contributed by atoms with van der Waals surface area (Å²) >= 11 is 0. The van der Waals surface area contributed by atoms with E-state index < -0.39 is 43.0 Å². The summed E-state index contributed by atoms with van der Waals surface area (Å²) < 4.78 is 37.2. The van der Waals surface area contributed by atoms with Crippen LogP contribution in [0.5, 0.6) is 0 Å². The van der Waals surface area contributed by atoms with E-state index in [9.17, 15) is 27.9 Å². The minimum atomic E-state index is -4.78. The van der Waals surface area contributed by atoms with Gasteiger partial charge in [0, 0.05) is 19.4 Å². The summed E-state index contributed by atoms with van der Waals surface area (Å²) in [6.07, 6.45) is -6.15. The highest BCUT2D eigenvalue weighted by Crippen LogP contribution is 2.37. The molecule has 1 heterocycles. The first-order valence-electron chi connectivity index (χ1n) is 4.94. The number of alkyl halides is 3. The van der Waals surface area contributed by atoms with Crippen molar-refractivity contribution in [1.29, 1.82) is 0 Å². The molecular formula is C9H12F3NO4. The number of hydrogen-bond donors (Lipinski definition) is 2. The number of carbonyl (C=O) groups is 2. The van der Waals surface area contributed by atoms with Crippen LogP contribution in [0.3, 0.4) is 0 Å². The van der Waals surface area contributed by atoms with Crippen LogP contribution in [0.25, 0.3) is 0 Å². The number of β-amino-alcohol motifs (C(OH)–C–C–N with tert-alkyl or cyclic N) is 1. The van der Waals surface area contributed by atoms with E-state index in [1.807, 2.05) is 0 Å². The zero-order valence-electron chi connectivity index (χ0n) is 8.83. The van der Waals surface area contributed by atoms with Crippen LogP contribution < -0.4 is 0 Å². The highest BCUT2D eigenvalue weighted by Gasteiger charge is 2.57. The van der Waals surface area contributed by atoms with Crippen LogP contribution in [-0.2, 0) is 9.59 Å². The zero-order valence-corrected chi connectivity index (χ0v) is 8.83. The lowest BCUT2D eigenvalue weighted by molar-refractivity contribution is -0.253. The van der Waals surface area contributed by atoms with Crippen molar-refractivity contribution >= 4 is 11.9 Å². The van der Waals surface area contributed by atoms with Gasteiger partial charge in [-0.15, -0.1) is 0 Å². The topological polar surface area (TPSA) is 77.8 Å². The van der Waals surface area contributed by atoms with Crippen LogP contribution in [0.15, 0.2) is 0 Å². The van der Waals surface area contributed by atoms with Crippen LogP contribution in [0, 0.1) is 0 Å². The molecule has 1 saturated heterocycles. The normalized spacial score (nSPS) is 25.1. The molecular weight excluding hydrogens is 243 g/mol. The second kappa shape index (κ2) is 4.52. The molecule has 5 nitrogen and oxygen atoms in total. The van der Waals surface area contributed by atoms with Crippen LogP contribution in [0.4, 0.5) is 13.2 Å². The number of likely N-dealkylation sites (tertiary alicyclic amines) is 1. The molecule has 0 radical (unpaired) electrons. The summed E-state index contributed by atoms with van der Waals surface area (Å²) in [5.74, 6) is -1.88. The summed E-state index contributed by atoms with van der Waals surface area (Å²) in [7, 11) is 0. The van der Waals surface area contributed by atoms with Gasteiger partial charge in [-0.05, 0) is 0 Å². The predicted molar refractivity (Wildman–Crippen MR) is 49.1 cm³/mol. The molecule has 0 aromatic rings. The lowest BCUT2D eigenvalue weighted by atomic mass is 10.0. The number of hydrogen-bond acceptors (Lipinski definition) is 3. The van der Waals surface area contributed by atoms with Gasteiger partial charge in [0.15, 0.2) is 5.60 Å².